The van der Waals surface area contributed by atoms with Gasteiger partial charge >= 0.3 is 0 Å². The fourth-order valence-electron chi connectivity index (χ4n) is 1.86. The predicted molar refractivity (Wildman–Crippen MR) is 73.5 cm³/mol. The lowest BCUT2D eigenvalue weighted by molar-refractivity contribution is 0.204. The van der Waals surface area contributed by atoms with E-state index in [9.17, 15) is 0 Å². The van der Waals surface area contributed by atoms with Gasteiger partial charge in [0.25, 0.3) is 0 Å². The van der Waals surface area contributed by atoms with Crippen LogP contribution in [-0.4, -0.2) is 23.2 Å². The number of aliphatic hydroxyl groups excluding tert-OH is 1. The van der Waals surface area contributed by atoms with Gasteiger partial charge in [-0.3, -0.25) is 0 Å². The molecule has 0 aliphatic heterocycles. The van der Waals surface area contributed by atoms with Crippen LogP contribution < -0.4 is 5.32 Å². The van der Waals surface area contributed by atoms with E-state index in [-0.39, 0.29) is 12.0 Å². The summed E-state index contributed by atoms with van der Waals surface area (Å²) in [6.45, 7) is 11.8. The van der Waals surface area contributed by atoms with Gasteiger partial charge in [-0.05, 0) is 32.6 Å². The molecule has 0 saturated heterocycles. The molecule has 0 saturated carbocycles. The number of hydrogen-bond acceptors (Lipinski definition) is 4. The van der Waals surface area contributed by atoms with Crippen molar-refractivity contribution in [1.29, 1.82) is 0 Å². The fourth-order valence-corrected chi connectivity index (χ4v) is 2.82. The Kier molecular flexibility index (Phi) is 5.10. The van der Waals surface area contributed by atoms with Gasteiger partial charge in [0, 0.05) is 24.1 Å². The highest BCUT2D eigenvalue weighted by molar-refractivity contribution is 7.11. The highest BCUT2D eigenvalue weighted by atomic mass is 32.1. The van der Waals surface area contributed by atoms with Crippen molar-refractivity contribution in [2.24, 2.45) is 5.41 Å². The molecule has 1 atom stereocenters. The average molecular weight is 256 g/mol. The van der Waals surface area contributed by atoms with Crippen LogP contribution >= 0.6 is 11.3 Å². The van der Waals surface area contributed by atoms with E-state index in [1.165, 1.54) is 4.88 Å². The van der Waals surface area contributed by atoms with Gasteiger partial charge in [0.2, 0.25) is 0 Å². The molecular formula is C13H24N2OS. The summed E-state index contributed by atoms with van der Waals surface area (Å²) < 4.78 is 0. The van der Waals surface area contributed by atoms with Crippen molar-refractivity contribution >= 4 is 11.3 Å². The van der Waals surface area contributed by atoms with Gasteiger partial charge in [-0.1, -0.05) is 13.8 Å². The maximum atomic E-state index is 9.00. The third kappa shape index (κ3) is 4.37. The van der Waals surface area contributed by atoms with Gasteiger partial charge in [-0.15, -0.1) is 11.3 Å². The van der Waals surface area contributed by atoms with Crippen LogP contribution in [0.15, 0.2) is 0 Å². The minimum Gasteiger partial charge on any atom is -0.396 e. The fraction of sp³-hybridized carbons (Fsp3) is 0.769. The molecule has 0 spiro atoms. The first-order valence-electron chi connectivity index (χ1n) is 6.14. The Labute approximate surface area is 108 Å². The van der Waals surface area contributed by atoms with Crippen molar-refractivity contribution < 1.29 is 5.11 Å². The zero-order chi connectivity index (χ0) is 13.1. The molecular weight excluding hydrogens is 232 g/mol. The van der Waals surface area contributed by atoms with Crippen LogP contribution in [0.5, 0.6) is 0 Å². The molecule has 0 radical (unpaired) electrons. The lowest BCUT2D eigenvalue weighted by atomic mass is 9.89. The first kappa shape index (κ1) is 14.6. The number of rotatable bonds is 6. The third-order valence-corrected chi connectivity index (χ3v) is 4.26. The van der Waals surface area contributed by atoms with E-state index in [0.29, 0.717) is 6.04 Å². The lowest BCUT2D eigenvalue weighted by Gasteiger charge is -2.26. The van der Waals surface area contributed by atoms with Gasteiger partial charge < -0.3 is 10.4 Å². The Hall–Kier alpha value is -0.450. The number of nitrogens with zero attached hydrogens (tertiary/aromatic N) is 1. The molecule has 0 aliphatic rings. The van der Waals surface area contributed by atoms with Crippen LogP contribution in [0.25, 0.3) is 0 Å². The van der Waals surface area contributed by atoms with Gasteiger partial charge in [0.05, 0.1) is 10.7 Å². The van der Waals surface area contributed by atoms with E-state index >= 15 is 0 Å². The predicted octanol–water partition coefficient (Wildman–Crippen LogP) is 2.82. The second kappa shape index (κ2) is 5.94. The Morgan fingerprint density at radius 3 is 2.53 bits per heavy atom. The quantitative estimate of drug-likeness (QED) is 0.822. The first-order chi connectivity index (χ1) is 7.85. The van der Waals surface area contributed by atoms with Crippen LogP contribution in [0.3, 0.4) is 0 Å². The van der Waals surface area contributed by atoms with E-state index in [0.717, 1.165) is 23.7 Å². The number of aromatic nitrogens is 1. The highest BCUT2D eigenvalue weighted by Crippen LogP contribution is 2.26. The average Bonchev–Trinajstić information content (AvgIpc) is 2.54. The Morgan fingerprint density at radius 2 is 2.06 bits per heavy atom. The van der Waals surface area contributed by atoms with Crippen LogP contribution in [0.1, 0.15) is 48.8 Å². The molecule has 0 aromatic carbocycles. The van der Waals surface area contributed by atoms with Crippen molar-refractivity contribution in [3.8, 4) is 0 Å². The molecule has 0 amide bonds. The van der Waals surface area contributed by atoms with Crippen molar-refractivity contribution in [3.63, 3.8) is 0 Å². The number of aliphatic hydroxyl groups is 1. The summed E-state index contributed by atoms with van der Waals surface area (Å²) in [6.07, 6.45) is 0.827. The largest absolute Gasteiger partial charge is 0.396 e. The van der Waals surface area contributed by atoms with E-state index in [4.69, 9.17) is 5.11 Å². The normalized spacial score (nSPS) is 14.0. The van der Waals surface area contributed by atoms with Crippen LogP contribution in [0.4, 0.5) is 0 Å². The second-order valence-electron chi connectivity index (χ2n) is 5.42. The molecule has 98 valence electrons. The monoisotopic (exact) mass is 256 g/mol. The SMILES string of the molecule is Cc1nc(C)c(C(C)NCC(C)(C)CCO)s1. The van der Waals surface area contributed by atoms with E-state index in [1.807, 2.05) is 6.92 Å². The summed E-state index contributed by atoms with van der Waals surface area (Å²) in [7, 11) is 0. The molecule has 1 rings (SSSR count). The summed E-state index contributed by atoms with van der Waals surface area (Å²) in [5, 5.41) is 13.7. The molecule has 3 nitrogen and oxygen atoms in total. The first-order valence-corrected chi connectivity index (χ1v) is 6.95. The van der Waals surface area contributed by atoms with Gasteiger partial charge in [0.1, 0.15) is 0 Å². The maximum Gasteiger partial charge on any atom is 0.0900 e. The number of hydrogen-bond donors (Lipinski definition) is 2. The molecule has 17 heavy (non-hydrogen) atoms. The molecule has 0 bridgehead atoms. The Balaban J connectivity index is 2.55. The van der Waals surface area contributed by atoms with E-state index in [2.05, 4.69) is 38.0 Å². The Bertz CT molecular complexity index is 360. The summed E-state index contributed by atoms with van der Waals surface area (Å²) in [5.74, 6) is 0. The second-order valence-corrected chi connectivity index (χ2v) is 6.66. The molecule has 1 aromatic heterocycles. The summed E-state index contributed by atoms with van der Waals surface area (Å²) in [4.78, 5) is 5.77. The molecule has 1 unspecified atom stereocenters. The zero-order valence-electron chi connectivity index (χ0n) is 11.5. The van der Waals surface area contributed by atoms with Gasteiger partial charge in [0.15, 0.2) is 0 Å². The van der Waals surface area contributed by atoms with Crippen molar-refractivity contribution in [3.05, 3.63) is 15.6 Å². The maximum absolute atomic E-state index is 9.00. The minimum absolute atomic E-state index is 0.136. The molecule has 4 heteroatoms. The smallest absolute Gasteiger partial charge is 0.0900 e. The summed E-state index contributed by atoms with van der Waals surface area (Å²) in [5.41, 5.74) is 1.27. The standard InChI is InChI=1S/C13H24N2OS/c1-9(12-10(2)15-11(3)17-12)14-8-13(4,5)6-7-16/h9,14,16H,6-8H2,1-5H3. The summed E-state index contributed by atoms with van der Waals surface area (Å²) >= 11 is 1.76. The minimum atomic E-state index is 0.136. The van der Waals surface area contributed by atoms with E-state index in [1.54, 1.807) is 11.3 Å². The van der Waals surface area contributed by atoms with Crippen LogP contribution in [-0.2, 0) is 0 Å². The Morgan fingerprint density at radius 1 is 1.41 bits per heavy atom. The van der Waals surface area contributed by atoms with Crippen LogP contribution in [0, 0.1) is 19.3 Å². The van der Waals surface area contributed by atoms with E-state index < -0.39 is 0 Å². The summed E-state index contributed by atoms with van der Waals surface area (Å²) in [6, 6.07) is 0.333. The number of nitrogens with one attached hydrogen (secondary N) is 1. The number of thiazole rings is 1. The van der Waals surface area contributed by atoms with Crippen molar-refractivity contribution in [2.45, 2.75) is 47.1 Å². The zero-order valence-corrected chi connectivity index (χ0v) is 12.3. The number of aryl methyl sites for hydroxylation is 2. The molecule has 1 aromatic rings. The third-order valence-electron chi connectivity index (χ3n) is 3.01. The van der Waals surface area contributed by atoms with Crippen LogP contribution in [0.2, 0.25) is 0 Å². The molecule has 0 fully saturated rings. The van der Waals surface area contributed by atoms with Gasteiger partial charge in [-0.25, -0.2) is 4.98 Å². The van der Waals surface area contributed by atoms with Crippen molar-refractivity contribution in [2.75, 3.05) is 13.2 Å². The van der Waals surface area contributed by atoms with Crippen molar-refractivity contribution in [1.82, 2.24) is 10.3 Å². The molecule has 2 N–H and O–H groups in total. The molecule has 0 aliphatic carbocycles. The molecule has 1 heterocycles. The topological polar surface area (TPSA) is 45.2 Å². The lowest BCUT2D eigenvalue weighted by Crippen LogP contribution is -2.32. The van der Waals surface area contributed by atoms with Gasteiger partial charge in [-0.2, -0.15) is 0 Å². The highest BCUT2D eigenvalue weighted by Gasteiger charge is 2.19.